The third kappa shape index (κ3) is 8.16. The van der Waals surface area contributed by atoms with Gasteiger partial charge in [0.2, 0.25) is 0 Å². The second-order valence-electron chi connectivity index (χ2n) is 5.36. The van der Waals surface area contributed by atoms with Crippen LogP contribution in [0.25, 0.3) is 0 Å². The minimum Gasteiger partial charge on any atom is -0.465 e. The molecular formula is C13H28N2O2. The molecule has 0 aliphatic heterocycles. The van der Waals surface area contributed by atoms with Gasteiger partial charge in [-0.3, -0.25) is 4.79 Å². The Morgan fingerprint density at radius 1 is 1.12 bits per heavy atom. The minimum absolute atomic E-state index is 0.301. The summed E-state index contributed by atoms with van der Waals surface area (Å²) in [5, 5.41) is 0. The lowest BCUT2D eigenvalue weighted by molar-refractivity contribution is -0.145. The van der Waals surface area contributed by atoms with Gasteiger partial charge in [-0.15, -0.1) is 0 Å². The predicted molar refractivity (Wildman–Crippen MR) is 70.7 cm³/mol. The molecule has 0 bridgehead atoms. The van der Waals surface area contributed by atoms with Crippen LogP contribution in [0, 0.1) is 11.8 Å². The lowest BCUT2D eigenvalue weighted by Gasteiger charge is -2.27. The second-order valence-corrected chi connectivity index (χ2v) is 5.36. The molecule has 4 heteroatoms. The third-order valence-corrected chi connectivity index (χ3v) is 2.29. The molecule has 0 radical (unpaired) electrons. The number of esters is 1. The summed E-state index contributed by atoms with van der Waals surface area (Å²) in [4.78, 5) is 13.7. The molecular weight excluding hydrogens is 216 g/mol. The summed E-state index contributed by atoms with van der Waals surface area (Å²) in [5.74, 6) is 0.844. The summed E-state index contributed by atoms with van der Waals surface area (Å²) >= 11 is 0. The van der Waals surface area contributed by atoms with E-state index in [2.05, 4.69) is 32.6 Å². The van der Waals surface area contributed by atoms with Crippen molar-refractivity contribution < 1.29 is 9.53 Å². The van der Waals surface area contributed by atoms with E-state index in [1.807, 2.05) is 0 Å². The van der Waals surface area contributed by atoms with Gasteiger partial charge in [-0.1, -0.05) is 27.7 Å². The van der Waals surface area contributed by atoms with Gasteiger partial charge in [-0.2, -0.15) is 0 Å². The molecule has 1 unspecified atom stereocenters. The average molecular weight is 244 g/mol. The van der Waals surface area contributed by atoms with Crippen LogP contribution in [0.2, 0.25) is 0 Å². The predicted octanol–water partition coefficient (Wildman–Crippen LogP) is 1.49. The fourth-order valence-electron chi connectivity index (χ4n) is 1.86. The minimum atomic E-state index is -0.535. The summed E-state index contributed by atoms with van der Waals surface area (Å²) in [6, 6.07) is -0.535. The van der Waals surface area contributed by atoms with Gasteiger partial charge < -0.3 is 15.4 Å². The van der Waals surface area contributed by atoms with Crippen molar-refractivity contribution in [3.63, 3.8) is 0 Å². The molecule has 0 heterocycles. The van der Waals surface area contributed by atoms with Crippen LogP contribution in [-0.4, -0.2) is 43.2 Å². The van der Waals surface area contributed by atoms with Crippen molar-refractivity contribution in [3.8, 4) is 0 Å². The molecule has 0 spiro atoms. The molecule has 0 aliphatic carbocycles. The van der Waals surface area contributed by atoms with Gasteiger partial charge in [-0.25, -0.2) is 0 Å². The Bertz CT molecular complexity index is 207. The van der Waals surface area contributed by atoms with E-state index in [-0.39, 0.29) is 5.97 Å². The van der Waals surface area contributed by atoms with Gasteiger partial charge in [0.15, 0.2) is 0 Å². The Kier molecular flexibility index (Phi) is 8.17. The van der Waals surface area contributed by atoms with E-state index < -0.39 is 6.04 Å². The van der Waals surface area contributed by atoms with E-state index >= 15 is 0 Å². The zero-order chi connectivity index (χ0) is 13.4. The smallest absolute Gasteiger partial charge is 0.324 e. The van der Waals surface area contributed by atoms with E-state index in [0.717, 1.165) is 13.1 Å². The van der Waals surface area contributed by atoms with Crippen LogP contribution in [0.1, 0.15) is 34.6 Å². The molecule has 0 saturated heterocycles. The Balaban J connectivity index is 4.25. The highest BCUT2D eigenvalue weighted by Gasteiger charge is 2.19. The molecule has 2 N–H and O–H groups in total. The van der Waals surface area contributed by atoms with Crippen molar-refractivity contribution >= 4 is 5.97 Å². The van der Waals surface area contributed by atoms with Crippen molar-refractivity contribution in [3.05, 3.63) is 0 Å². The van der Waals surface area contributed by atoms with E-state index in [9.17, 15) is 4.79 Å². The van der Waals surface area contributed by atoms with E-state index in [0.29, 0.717) is 25.0 Å². The third-order valence-electron chi connectivity index (χ3n) is 2.29. The fraction of sp³-hybridized carbons (Fsp3) is 0.923. The van der Waals surface area contributed by atoms with Crippen molar-refractivity contribution in [1.29, 1.82) is 0 Å². The topological polar surface area (TPSA) is 55.6 Å². The first-order chi connectivity index (χ1) is 7.86. The number of hydrogen-bond acceptors (Lipinski definition) is 4. The highest BCUT2D eigenvalue weighted by Crippen LogP contribution is 2.04. The highest BCUT2D eigenvalue weighted by atomic mass is 16.5. The molecule has 0 aromatic carbocycles. The molecule has 4 nitrogen and oxygen atoms in total. The quantitative estimate of drug-likeness (QED) is 0.657. The van der Waals surface area contributed by atoms with Crippen LogP contribution in [0.3, 0.4) is 0 Å². The summed E-state index contributed by atoms with van der Waals surface area (Å²) in [6.45, 7) is 13.4. The van der Waals surface area contributed by atoms with Gasteiger partial charge in [0.1, 0.15) is 6.04 Å². The number of hydrogen-bond donors (Lipinski definition) is 1. The van der Waals surface area contributed by atoms with Crippen LogP contribution in [0.5, 0.6) is 0 Å². The van der Waals surface area contributed by atoms with Crippen molar-refractivity contribution in [2.24, 2.45) is 17.6 Å². The molecule has 0 aromatic rings. The molecule has 0 aromatic heterocycles. The molecule has 0 aliphatic rings. The fourth-order valence-corrected chi connectivity index (χ4v) is 1.86. The molecule has 0 rings (SSSR count). The molecule has 17 heavy (non-hydrogen) atoms. The monoisotopic (exact) mass is 244 g/mol. The number of carbonyl (C=O) groups excluding carboxylic acids is 1. The van der Waals surface area contributed by atoms with Gasteiger partial charge in [0.25, 0.3) is 0 Å². The molecule has 1 atom stereocenters. The van der Waals surface area contributed by atoms with Crippen LogP contribution in [0.4, 0.5) is 0 Å². The highest BCUT2D eigenvalue weighted by molar-refractivity contribution is 5.75. The number of ether oxygens (including phenoxy) is 1. The van der Waals surface area contributed by atoms with Gasteiger partial charge in [0, 0.05) is 19.6 Å². The van der Waals surface area contributed by atoms with Crippen LogP contribution in [0.15, 0.2) is 0 Å². The average Bonchev–Trinajstić information content (AvgIpc) is 2.15. The largest absolute Gasteiger partial charge is 0.465 e. The summed E-state index contributed by atoms with van der Waals surface area (Å²) in [5.41, 5.74) is 5.84. The van der Waals surface area contributed by atoms with Gasteiger partial charge >= 0.3 is 5.97 Å². The molecule has 0 fully saturated rings. The molecule has 0 saturated carbocycles. The lowest BCUT2D eigenvalue weighted by atomic mass is 10.1. The standard InChI is InChI=1S/C13H28N2O2/c1-6-17-13(16)12(14)9-15(7-10(2)3)8-11(4)5/h10-12H,6-9,14H2,1-5H3. The van der Waals surface area contributed by atoms with E-state index in [4.69, 9.17) is 10.5 Å². The maximum absolute atomic E-state index is 11.5. The maximum atomic E-state index is 11.5. The summed E-state index contributed by atoms with van der Waals surface area (Å²) in [6.07, 6.45) is 0. The van der Waals surface area contributed by atoms with Crippen LogP contribution >= 0.6 is 0 Å². The Hall–Kier alpha value is -0.610. The maximum Gasteiger partial charge on any atom is 0.324 e. The SMILES string of the molecule is CCOC(=O)C(N)CN(CC(C)C)CC(C)C. The second kappa shape index (κ2) is 8.48. The summed E-state index contributed by atoms with van der Waals surface area (Å²) < 4.78 is 4.92. The number of rotatable bonds is 8. The first kappa shape index (κ1) is 16.4. The zero-order valence-electron chi connectivity index (χ0n) is 11.9. The van der Waals surface area contributed by atoms with E-state index in [1.165, 1.54) is 0 Å². The normalized spacial score (nSPS) is 13.5. The van der Waals surface area contributed by atoms with Gasteiger partial charge in [0.05, 0.1) is 6.61 Å². The number of carbonyl (C=O) groups is 1. The van der Waals surface area contributed by atoms with Crippen molar-refractivity contribution in [2.75, 3.05) is 26.2 Å². The van der Waals surface area contributed by atoms with Crippen molar-refractivity contribution in [2.45, 2.75) is 40.7 Å². The first-order valence-electron chi connectivity index (χ1n) is 6.51. The zero-order valence-corrected chi connectivity index (χ0v) is 11.9. The Morgan fingerprint density at radius 3 is 1.94 bits per heavy atom. The number of nitrogens with zero attached hydrogens (tertiary/aromatic N) is 1. The lowest BCUT2D eigenvalue weighted by Crippen LogP contribution is -2.45. The summed E-state index contributed by atoms with van der Waals surface area (Å²) in [7, 11) is 0. The number of nitrogens with two attached hydrogens (primary N) is 1. The van der Waals surface area contributed by atoms with Gasteiger partial charge in [-0.05, 0) is 18.8 Å². The van der Waals surface area contributed by atoms with Crippen molar-refractivity contribution in [1.82, 2.24) is 4.90 Å². The Labute approximate surface area is 105 Å². The van der Waals surface area contributed by atoms with E-state index in [1.54, 1.807) is 6.92 Å². The Morgan fingerprint density at radius 2 is 1.59 bits per heavy atom. The first-order valence-corrected chi connectivity index (χ1v) is 6.51. The van der Waals surface area contributed by atoms with Crippen LogP contribution in [-0.2, 0) is 9.53 Å². The molecule has 102 valence electrons. The van der Waals surface area contributed by atoms with Crippen LogP contribution < -0.4 is 5.73 Å². The molecule has 0 amide bonds.